The highest BCUT2D eigenvalue weighted by Crippen LogP contribution is 2.19. The number of esters is 1. The Kier molecular flexibility index (Phi) is 27.5. The molecule has 5 heteroatoms. The Morgan fingerprint density at radius 1 is 0.674 bits per heavy atom. The first-order chi connectivity index (χ1) is 21.2. The summed E-state index contributed by atoms with van der Waals surface area (Å²) >= 11 is 5.44. The SMILES string of the molecule is CCCCCCCC/C=C\CCCCCCCCC(CCCCCCCCCCC(=O)OC)OC(=S)Oc1ccccc1. The second kappa shape index (κ2) is 30.2. The van der Waals surface area contributed by atoms with Gasteiger partial charge in [0.2, 0.25) is 0 Å². The number of thiocarbonyl (C=S) groups is 1. The van der Waals surface area contributed by atoms with Gasteiger partial charge in [0.05, 0.1) is 7.11 Å². The molecule has 4 nitrogen and oxygen atoms in total. The summed E-state index contributed by atoms with van der Waals surface area (Å²) in [6.07, 6.45) is 35.5. The van der Waals surface area contributed by atoms with E-state index in [1.54, 1.807) is 0 Å². The Labute approximate surface area is 270 Å². The van der Waals surface area contributed by atoms with Gasteiger partial charge in [-0.25, -0.2) is 0 Å². The number of carbonyl (C=O) groups excluding carboxylic acids is 1. The molecule has 0 aromatic heterocycles. The molecule has 246 valence electrons. The molecule has 0 saturated carbocycles. The number of rotatable bonds is 29. The van der Waals surface area contributed by atoms with Crippen LogP contribution in [0.15, 0.2) is 42.5 Å². The molecule has 0 heterocycles. The van der Waals surface area contributed by atoms with Crippen LogP contribution in [0.25, 0.3) is 0 Å². The molecule has 1 unspecified atom stereocenters. The van der Waals surface area contributed by atoms with Crippen LogP contribution >= 0.6 is 12.2 Å². The lowest BCUT2D eigenvalue weighted by Crippen LogP contribution is -2.21. The number of para-hydroxylation sites is 1. The van der Waals surface area contributed by atoms with Gasteiger partial charge in [-0.1, -0.05) is 134 Å². The maximum absolute atomic E-state index is 11.2. The van der Waals surface area contributed by atoms with Crippen molar-refractivity contribution in [3.8, 4) is 5.75 Å². The van der Waals surface area contributed by atoms with E-state index in [4.69, 9.17) is 26.4 Å². The minimum Gasteiger partial charge on any atom is -0.469 e. The molecule has 0 aliphatic heterocycles. The summed E-state index contributed by atoms with van der Waals surface area (Å²) in [5.74, 6) is 0.637. The zero-order valence-electron chi connectivity index (χ0n) is 27.8. The van der Waals surface area contributed by atoms with Crippen molar-refractivity contribution in [1.29, 1.82) is 0 Å². The van der Waals surface area contributed by atoms with Gasteiger partial charge in [0.1, 0.15) is 11.9 Å². The van der Waals surface area contributed by atoms with Crippen molar-refractivity contribution in [3.05, 3.63) is 42.5 Å². The van der Waals surface area contributed by atoms with E-state index in [1.807, 2.05) is 30.3 Å². The van der Waals surface area contributed by atoms with Crippen molar-refractivity contribution in [1.82, 2.24) is 0 Å². The van der Waals surface area contributed by atoms with E-state index < -0.39 is 0 Å². The molecule has 0 N–H and O–H groups in total. The Morgan fingerprint density at radius 2 is 1.14 bits per heavy atom. The third-order valence-corrected chi connectivity index (χ3v) is 8.31. The first-order valence-electron chi connectivity index (χ1n) is 17.8. The van der Waals surface area contributed by atoms with Gasteiger partial charge in [-0.2, -0.15) is 0 Å². The summed E-state index contributed by atoms with van der Waals surface area (Å²) in [6, 6.07) is 9.68. The van der Waals surface area contributed by atoms with Gasteiger partial charge in [-0.15, -0.1) is 0 Å². The van der Waals surface area contributed by atoms with Crippen molar-refractivity contribution < 1.29 is 19.0 Å². The maximum Gasteiger partial charge on any atom is 0.358 e. The van der Waals surface area contributed by atoms with Crippen LogP contribution in [-0.2, 0) is 14.3 Å². The summed E-state index contributed by atoms with van der Waals surface area (Å²) in [4.78, 5) is 11.2. The zero-order valence-corrected chi connectivity index (χ0v) is 28.7. The van der Waals surface area contributed by atoms with Gasteiger partial charge in [0.25, 0.3) is 0 Å². The van der Waals surface area contributed by atoms with E-state index in [9.17, 15) is 4.79 Å². The normalized spacial score (nSPS) is 12.0. The molecule has 1 aromatic rings. The smallest absolute Gasteiger partial charge is 0.358 e. The highest BCUT2D eigenvalue weighted by Gasteiger charge is 2.14. The topological polar surface area (TPSA) is 44.8 Å². The second-order valence-electron chi connectivity index (χ2n) is 12.1. The van der Waals surface area contributed by atoms with Gasteiger partial charge in [-0.3, -0.25) is 4.79 Å². The molecule has 0 fully saturated rings. The Bertz CT molecular complexity index is 794. The van der Waals surface area contributed by atoms with Crippen LogP contribution < -0.4 is 4.74 Å². The number of hydrogen-bond donors (Lipinski definition) is 0. The lowest BCUT2D eigenvalue weighted by molar-refractivity contribution is -0.140. The van der Waals surface area contributed by atoms with E-state index in [0.29, 0.717) is 6.42 Å². The van der Waals surface area contributed by atoms with E-state index in [1.165, 1.54) is 129 Å². The van der Waals surface area contributed by atoms with Gasteiger partial charge < -0.3 is 14.2 Å². The standard InChI is InChI=1S/C38H64O4S/c1-3-4-5-6-7-8-9-10-11-12-13-14-15-18-21-25-30-35(41-38(43)42-36-32-27-24-28-33-36)31-26-22-19-16-17-20-23-29-34-37(39)40-2/h10-11,24,27-28,32-33,35H,3-9,12-23,25-26,29-31,34H2,1-2H3/b11-10-. The fourth-order valence-electron chi connectivity index (χ4n) is 5.43. The number of allylic oxidation sites excluding steroid dienone is 2. The average molecular weight is 617 g/mol. The fraction of sp³-hybridized carbons (Fsp3) is 0.737. The molecule has 0 amide bonds. The van der Waals surface area contributed by atoms with E-state index >= 15 is 0 Å². The molecule has 0 spiro atoms. The lowest BCUT2D eigenvalue weighted by atomic mass is 10.0. The summed E-state index contributed by atoms with van der Waals surface area (Å²) in [6.45, 7) is 2.28. The highest BCUT2D eigenvalue weighted by molar-refractivity contribution is 7.79. The van der Waals surface area contributed by atoms with E-state index in [0.717, 1.165) is 37.9 Å². The van der Waals surface area contributed by atoms with Crippen LogP contribution in [0.4, 0.5) is 0 Å². The van der Waals surface area contributed by atoms with Crippen LogP contribution in [0.3, 0.4) is 0 Å². The van der Waals surface area contributed by atoms with Crippen molar-refractivity contribution in [2.75, 3.05) is 7.11 Å². The minimum absolute atomic E-state index is 0.0947. The molecule has 43 heavy (non-hydrogen) atoms. The fourth-order valence-corrected chi connectivity index (χ4v) is 5.66. The Hall–Kier alpha value is -1.88. The maximum atomic E-state index is 11.2. The third kappa shape index (κ3) is 26.3. The second-order valence-corrected chi connectivity index (χ2v) is 12.4. The molecule has 0 saturated heterocycles. The molecule has 0 bridgehead atoms. The Balaban J connectivity index is 2.16. The number of benzene rings is 1. The molecule has 0 aliphatic carbocycles. The lowest BCUT2D eigenvalue weighted by Gasteiger charge is -2.19. The monoisotopic (exact) mass is 616 g/mol. The van der Waals surface area contributed by atoms with Crippen molar-refractivity contribution in [2.24, 2.45) is 0 Å². The number of hydrogen-bond acceptors (Lipinski definition) is 5. The van der Waals surface area contributed by atoms with Crippen molar-refractivity contribution in [3.63, 3.8) is 0 Å². The quantitative estimate of drug-likeness (QED) is 0.0388. The van der Waals surface area contributed by atoms with Crippen LogP contribution in [0.1, 0.15) is 167 Å². The molecule has 1 atom stereocenters. The largest absolute Gasteiger partial charge is 0.469 e. The molecule has 1 aromatic carbocycles. The Morgan fingerprint density at radius 3 is 1.65 bits per heavy atom. The zero-order chi connectivity index (χ0) is 31.1. The highest BCUT2D eigenvalue weighted by atomic mass is 32.1. The predicted molar refractivity (Wildman–Crippen MR) is 187 cm³/mol. The minimum atomic E-state index is -0.0947. The first kappa shape index (κ1) is 39.1. The molecule has 0 aliphatic rings. The van der Waals surface area contributed by atoms with E-state index in [-0.39, 0.29) is 17.3 Å². The van der Waals surface area contributed by atoms with Gasteiger partial charge in [0.15, 0.2) is 0 Å². The van der Waals surface area contributed by atoms with Crippen LogP contribution in [-0.4, -0.2) is 24.4 Å². The van der Waals surface area contributed by atoms with Crippen LogP contribution in [0.2, 0.25) is 0 Å². The third-order valence-electron chi connectivity index (χ3n) is 8.13. The first-order valence-corrected chi connectivity index (χ1v) is 18.2. The molecular weight excluding hydrogens is 552 g/mol. The predicted octanol–water partition coefficient (Wildman–Crippen LogP) is 12.2. The van der Waals surface area contributed by atoms with Gasteiger partial charge in [-0.05, 0) is 69.9 Å². The number of ether oxygens (including phenoxy) is 3. The number of carbonyl (C=O) groups is 1. The molecule has 1 rings (SSSR count). The van der Waals surface area contributed by atoms with E-state index in [2.05, 4.69) is 19.1 Å². The summed E-state index contributed by atoms with van der Waals surface area (Å²) in [5, 5.41) is 0.243. The molecular formula is C38H64O4S. The summed E-state index contributed by atoms with van der Waals surface area (Å²) in [5.41, 5.74) is 0. The number of unbranched alkanes of at least 4 members (excludes halogenated alkanes) is 19. The van der Waals surface area contributed by atoms with Crippen molar-refractivity contribution >= 4 is 23.4 Å². The van der Waals surface area contributed by atoms with Crippen LogP contribution in [0.5, 0.6) is 5.75 Å². The summed E-state index contributed by atoms with van der Waals surface area (Å²) < 4.78 is 16.6. The molecule has 0 radical (unpaired) electrons. The van der Waals surface area contributed by atoms with Gasteiger partial charge >= 0.3 is 11.2 Å². The van der Waals surface area contributed by atoms with Crippen LogP contribution in [0, 0.1) is 0 Å². The van der Waals surface area contributed by atoms with Gasteiger partial charge in [0, 0.05) is 18.6 Å². The average Bonchev–Trinajstić information content (AvgIpc) is 3.01. The van der Waals surface area contributed by atoms with Crippen molar-refractivity contribution in [2.45, 2.75) is 174 Å². The summed E-state index contributed by atoms with van der Waals surface area (Å²) in [7, 11) is 1.46. The number of methoxy groups -OCH3 is 1.